The average Bonchev–Trinajstić information content (AvgIpc) is 3.00. The fourth-order valence-corrected chi connectivity index (χ4v) is 3.72. The zero-order valence-electron chi connectivity index (χ0n) is 19.1. The van der Waals surface area contributed by atoms with Crippen molar-refractivity contribution in [3.8, 4) is 0 Å². The molecule has 1 aromatic heterocycles. The summed E-state index contributed by atoms with van der Waals surface area (Å²) in [6, 6.07) is 8.45. The monoisotopic (exact) mass is 471 g/mol. The predicted molar refractivity (Wildman–Crippen MR) is 121 cm³/mol. The van der Waals surface area contributed by atoms with Crippen LogP contribution in [0.15, 0.2) is 46.7 Å². The summed E-state index contributed by atoms with van der Waals surface area (Å²) in [6.45, 7) is 5.81. The van der Waals surface area contributed by atoms with E-state index in [0.717, 1.165) is 16.9 Å². The van der Waals surface area contributed by atoms with Crippen molar-refractivity contribution in [2.24, 2.45) is 29.8 Å². The Morgan fingerprint density at radius 3 is 2.03 bits per heavy atom. The molecule has 3 rings (SSSR count). The van der Waals surface area contributed by atoms with Crippen molar-refractivity contribution in [1.82, 2.24) is 4.57 Å². The van der Waals surface area contributed by atoms with Gasteiger partial charge in [0.05, 0.1) is 41.0 Å². The van der Waals surface area contributed by atoms with Gasteiger partial charge in [-0.2, -0.15) is 5.11 Å². The van der Waals surface area contributed by atoms with Gasteiger partial charge in [0.15, 0.2) is 17.1 Å². The van der Waals surface area contributed by atoms with Gasteiger partial charge in [-0.05, 0) is 17.5 Å². The molecule has 14 nitrogen and oxygen atoms in total. The van der Waals surface area contributed by atoms with E-state index in [0.29, 0.717) is 12.1 Å². The number of fused-ring (bicyclic) bond motifs is 1. The van der Waals surface area contributed by atoms with Gasteiger partial charge in [0.25, 0.3) is 11.5 Å². The van der Waals surface area contributed by atoms with Gasteiger partial charge < -0.3 is 0 Å². The molecule has 0 aliphatic carbocycles. The summed E-state index contributed by atoms with van der Waals surface area (Å²) in [5.74, 6) is 0.784. The molecule has 0 radical (unpaired) electrons. The van der Waals surface area contributed by atoms with Crippen LogP contribution < -0.4 is 9.99 Å². The van der Waals surface area contributed by atoms with Crippen molar-refractivity contribution in [2.75, 3.05) is 5.43 Å². The predicted octanol–water partition coefficient (Wildman–Crippen LogP) is 4.29. The molecule has 1 N–H and O–H groups in total. The number of nitro groups is 3. The summed E-state index contributed by atoms with van der Waals surface area (Å²) in [4.78, 5) is 31.2. The Balaban J connectivity index is 2.10. The number of hydrogen-bond acceptors (Lipinski definition) is 8. The number of imidazole rings is 1. The number of nitrogens with zero attached hydrogens (tertiary/aromatic N) is 7. The maximum atomic E-state index is 11.5. The summed E-state index contributed by atoms with van der Waals surface area (Å²) in [5, 5.41) is 42.2. The van der Waals surface area contributed by atoms with Crippen LogP contribution in [-0.2, 0) is 14.1 Å². The first-order valence-electron chi connectivity index (χ1n) is 10.0. The fourth-order valence-electron chi connectivity index (χ4n) is 3.72. The number of anilines is 1. The first kappa shape index (κ1) is 24.2. The van der Waals surface area contributed by atoms with Gasteiger partial charge in [-0.1, -0.05) is 38.1 Å². The van der Waals surface area contributed by atoms with Crippen molar-refractivity contribution in [2.45, 2.75) is 26.8 Å². The normalized spacial score (nSPS) is 12.7. The largest absolute Gasteiger partial charge is 0.308 e. The second-order valence-corrected chi connectivity index (χ2v) is 8.69. The topological polar surface area (TPSA) is 175 Å². The minimum Gasteiger partial charge on any atom is -0.258 e. The Morgan fingerprint density at radius 1 is 1.00 bits per heavy atom. The van der Waals surface area contributed by atoms with Gasteiger partial charge in [0.1, 0.15) is 0 Å². The number of para-hydroxylation sites is 2. The van der Waals surface area contributed by atoms with E-state index in [-0.39, 0.29) is 0 Å². The van der Waals surface area contributed by atoms with Gasteiger partial charge in [0, 0.05) is 0 Å². The van der Waals surface area contributed by atoms with Crippen molar-refractivity contribution >= 4 is 33.8 Å². The third kappa shape index (κ3) is 4.37. The smallest absolute Gasteiger partial charge is 0.258 e. The lowest BCUT2D eigenvalue weighted by atomic mass is 9.86. The minimum absolute atomic E-state index is 0.460. The van der Waals surface area contributed by atoms with Crippen LogP contribution in [0, 0.1) is 35.8 Å². The highest BCUT2D eigenvalue weighted by atomic mass is 16.6. The van der Waals surface area contributed by atoms with Crippen molar-refractivity contribution in [1.29, 1.82) is 0 Å². The summed E-state index contributed by atoms with van der Waals surface area (Å²) in [6.07, 6.45) is 0. The van der Waals surface area contributed by atoms with Crippen LogP contribution in [0.25, 0.3) is 11.0 Å². The third-order valence-corrected chi connectivity index (χ3v) is 5.38. The van der Waals surface area contributed by atoms with Crippen LogP contribution in [0.1, 0.15) is 32.6 Å². The van der Waals surface area contributed by atoms with E-state index in [9.17, 15) is 30.3 Å². The van der Waals surface area contributed by atoms with E-state index < -0.39 is 49.0 Å². The number of aromatic nitrogens is 2. The molecule has 0 aliphatic rings. The lowest BCUT2D eigenvalue weighted by Gasteiger charge is -2.23. The van der Waals surface area contributed by atoms with E-state index in [1.807, 2.05) is 68.3 Å². The standard InChI is InChI=1S/C20H23N8O6/c1-20(2,3)18(19-24(4)13-8-6-7-9-14(13)25(19)5)22-23-21-17-15(27(31)32)10-12(26(29)30)11-16(17)28(33)34/h6-11,18H,1-5H3,(H,21,22)/q+1. The molecule has 1 unspecified atom stereocenters. The molecule has 178 valence electrons. The van der Waals surface area contributed by atoms with Gasteiger partial charge in [-0.15, -0.1) is 0 Å². The fraction of sp³-hybridized carbons (Fsp3) is 0.350. The maximum Gasteiger partial charge on any atom is 0.308 e. The molecule has 3 aromatic rings. The molecule has 0 amide bonds. The quantitative estimate of drug-likeness (QED) is 0.231. The Morgan fingerprint density at radius 2 is 1.56 bits per heavy atom. The van der Waals surface area contributed by atoms with E-state index in [4.69, 9.17) is 0 Å². The van der Waals surface area contributed by atoms with Crippen molar-refractivity contribution in [3.63, 3.8) is 0 Å². The molecule has 0 bridgehead atoms. The molecule has 0 spiro atoms. The van der Waals surface area contributed by atoms with E-state index in [2.05, 4.69) is 15.8 Å². The first-order chi connectivity index (χ1) is 15.8. The minimum atomic E-state index is -0.955. The number of benzene rings is 2. The lowest BCUT2D eigenvalue weighted by molar-refractivity contribution is -0.656. The number of nitro benzene ring substituents is 3. The van der Waals surface area contributed by atoms with Crippen LogP contribution >= 0.6 is 0 Å². The highest BCUT2D eigenvalue weighted by Gasteiger charge is 2.38. The summed E-state index contributed by atoms with van der Waals surface area (Å²) >= 11 is 0. The Kier molecular flexibility index (Phi) is 6.25. The molecule has 34 heavy (non-hydrogen) atoms. The van der Waals surface area contributed by atoms with Crippen LogP contribution in [0.2, 0.25) is 0 Å². The van der Waals surface area contributed by atoms with Crippen molar-refractivity contribution in [3.05, 3.63) is 72.6 Å². The molecule has 0 saturated heterocycles. The number of nitrogens with one attached hydrogen (secondary N) is 1. The van der Waals surface area contributed by atoms with Crippen LogP contribution in [0.3, 0.4) is 0 Å². The molecule has 0 aliphatic heterocycles. The summed E-state index contributed by atoms with van der Waals surface area (Å²) in [5.41, 5.74) is 0.647. The lowest BCUT2D eigenvalue weighted by Crippen LogP contribution is -2.37. The van der Waals surface area contributed by atoms with Gasteiger partial charge in [0.2, 0.25) is 5.69 Å². The van der Waals surface area contributed by atoms with Gasteiger partial charge >= 0.3 is 11.4 Å². The Bertz CT molecular complexity index is 1270. The first-order valence-corrected chi connectivity index (χ1v) is 10.0. The Hall–Kier alpha value is -4.49. The SMILES string of the molecule is Cn1c(C(N=NNc2c([N+](=O)[O-])cc([N+](=O)[O-])cc2[N+](=O)[O-])C(C)(C)C)[n+](C)c2ccccc21. The summed E-state index contributed by atoms with van der Waals surface area (Å²) < 4.78 is 3.92. The van der Waals surface area contributed by atoms with Crippen LogP contribution in [0.5, 0.6) is 0 Å². The maximum absolute atomic E-state index is 11.5. The molecular formula is C20H23N8O6+. The van der Waals surface area contributed by atoms with Crippen molar-refractivity contribution < 1.29 is 19.3 Å². The summed E-state index contributed by atoms with van der Waals surface area (Å²) in [7, 11) is 3.76. The van der Waals surface area contributed by atoms with E-state index >= 15 is 0 Å². The molecule has 1 heterocycles. The highest BCUT2D eigenvalue weighted by molar-refractivity contribution is 5.76. The number of hydrogen-bond donors (Lipinski definition) is 1. The highest BCUT2D eigenvalue weighted by Crippen LogP contribution is 2.40. The van der Waals surface area contributed by atoms with Gasteiger partial charge in [-0.25, -0.2) is 14.6 Å². The van der Waals surface area contributed by atoms with Crippen LogP contribution in [-0.4, -0.2) is 19.3 Å². The van der Waals surface area contributed by atoms with E-state index in [1.165, 1.54) is 0 Å². The molecule has 1 atom stereocenters. The number of aryl methyl sites for hydroxylation is 2. The second kappa shape index (κ2) is 8.80. The second-order valence-electron chi connectivity index (χ2n) is 8.69. The molecule has 0 fully saturated rings. The van der Waals surface area contributed by atoms with Crippen LogP contribution in [0.4, 0.5) is 22.7 Å². The molecule has 14 heteroatoms. The van der Waals surface area contributed by atoms with E-state index in [1.54, 1.807) is 0 Å². The average molecular weight is 471 g/mol. The zero-order valence-corrected chi connectivity index (χ0v) is 19.1. The Labute approximate surface area is 192 Å². The van der Waals surface area contributed by atoms with Gasteiger partial charge in [-0.3, -0.25) is 30.3 Å². The molecule has 2 aromatic carbocycles. The molecule has 0 saturated carbocycles. The number of non-ortho nitro benzene ring substituents is 1. The number of rotatable bonds is 7. The third-order valence-electron chi connectivity index (χ3n) is 5.38. The molecular weight excluding hydrogens is 448 g/mol. The zero-order chi connectivity index (χ0) is 25.4.